The minimum atomic E-state index is -4.64. The average Bonchev–Trinajstić information content (AvgIpc) is 3.23. The van der Waals surface area contributed by atoms with Crippen molar-refractivity contribution in [1.29, 1.82) is 0 Å². The maximum Gasteiger partial charge on any atom is 0.417 e. The first-order chi connectivity index (χ1) is 16.5. The van der Waals surface area contributed by atoms with E-state index in [9.17, 15) is 22.8 Å². The molecule has 35 heavy (non-hydrogen) atoms. The van der Waals surface area contributed by atoms with E-state index >= 15 is 0 Å². The molecule has 0 saturated carbocycles. The molecule has 10 nitrogen and oxygen atoms in total. The summed E-state index contributed by atoms with van der Waals surface area (Å²) in [5.41, 5.74) is -0.648. The second kappa shape index (κ2) is 9.12. The van der Waals surface area contributed by atoms with Gasteiger partial charge in [-0.25, -0.2) is 9.78 Å². The summed E-state index contributed by atoms with van der Waals surface area (Å²) in [7, 11) is 4.32. The summed E-state index contributed by atoms with van der Waals surface area (Å²) in [4.78, 5) is 33.1. The number of fused-ring (bicyclic) bond motifs is 1. The lowest BCUT2D eigenvalue weighted by Gasteiger charge is -2.42. The molecule has 0 radical (unpaired) electrons. The summed E-state index contributed by atoms with van der Waals surface area (Å²) < 4.78 is 45.5. The summed E-state index contributed by atoms with van der Waals surface area (Å²) >= 11 is 0. The van der Waals surface area contributed by atoms with Gasteiger partial charge in [-0.1, -0.05) is 6.92 Å². The van der Waals surface area contributed by atoms with E-state index in [2.05, 4.69) is 25.4 Å². The first-order valence-electron chi connectivity index (χ1n) is 10.9. The third-order valence-electron chi connectivity index (χ3n) is 6.36. The van der Waals surface area contributed by atoms with Crippen LogP contribution in [0.2, 0.25) is 0 Å². The van der Waals surface area contributed by atoms with Crippen molar-refractivity contribution >= 4 is 28.4 Å². The molecule has 0 spiro atoms. The van der Waals surface area contributed by atoms with Gasteiger partial charge < -0.3 is 24.4 Å². The fourth-order valence-electron chi connectivity index (χ4n) is 4.45. The fraction of sp³-hybridized carbons (Fsp3) is 0.455. The first kappa shape index (κ1) is 24.4. The number of aromatic amines is 1. The fourth-order valence-corrected chi connectivity index (χ4v) is 4.45. The topological polar surface area (TPSA) is 108 Å². The summed E-state index contributed by atoms with van der Waals surface area (Å²) in [5, 5.41) is 10.0. The van der Waals surface area contributed by atoms with Gasteiger partial charge in [0.25, 0.3) is 5.56 Å². The number of rotatable bonds is 4. The Morgan fingerprint density at radius 1 is 1.34 bits per heavy atom. The highest BCUT2D eigenvalue weighted by Crippen LogP contribution is 2.31. The number of urea groups is 1. The zero-order chi connectivity index (χ0) is 25.5. The van der Waals surface area contributed by atoms with Gasteiger partial charge in [-0.2, -0.15) is 13.2 Å². The van der Waals surface area contributed by atoms with Gasteiger partial charge in [0.2, 0.25) is 5.88 Å². The smallest absolute Gasteiger partial charge is 0.417 e. The highest BCUT2D eigenvalue weighted by Gasteiger charge is 2.34. The van der Waals surface area contributed by atoms with Crippen LogP contribution in [-0.2, 0) is 13.2 Å². The molecule has 1 fully saturated rings. The van der Waals surface area contributed by atoms with Crippen LogP contribution in [0.5, 0.6) is 5.88 Å². The molecule has 188 valence electrons. The normalized spacial score (nSPS) is 18.5. The van der Waals surface area contributed by atoms with E-state index in [1.807, 2.05) is 13.0 Å². The molecule has 4 heterocycles. The SMILES string of the molecule is COc1n[nH]c2ncc(N3CC[C@H](N(C)C(=O)Nc4cc(C(F)(F)F)cn(C)c4=O)[C@@H](C)C3)cc12. The Morgan fingerprint density at radius 2 is 2.09 bits per heavy atom. The van der Waals surface area contributed by atoms with E-state index in [-0.39, 0.29) is 12.0 Å². The molecular weight excluding hydrogens is 467 g/mol. The Morgan fingerprint density at radius 3 is 2.74 bits per heavy atom. The lowest BCUT2D eigenvalue weighted by molar-refractivity contribution is -0.138. The van der Waals surface area contributed by atoms with Gasteiger partial charge in [0, 0.05) is 39.4 Å². The van der Waals surface area contributed by atoms with Crippen LogP contribution in [-0.4, -0.2) is 64.0 Å². The number of H-pyrrole nitrogens is 1. The van der Waals surface area contributed by atoms with Gasteiger partial charge in [-0.05, 0) is 24.5 Å². The highest BCUT2D eigenvalue weighted by atomic mass is 19.4. The molecule has 3 aromatic heterocycles. The predicted octanol–water partition coefficient (Wildman–Crippen LogP) is 3.06. The largest absolute Gasteiger partial charge is 0.479 e. The predicted molar refractivity (Wildman–Crippen MR) is 124 cm³/mol. The number of halogens is 3. The zero-order valence-electron chi connectivity index (χ0n) is 19.7. The van der Waals surface area contributed by atoms with Crippen LogP contribution in [0.15, 0.2) is 29.3 Å². The van der Waals surface area contributed by atoms with Gasteiger partial charge in [0.05, 0.1) is 29.9 Å². The first-order valence-corrected chi connectivity index (χ1v) is 10.9. The second-order valence-corrected chi connectivity index (χ2v) is 8.70. The van der Waals surface area contributed by atoms with Gasteiger partial charge in [-0.3, -0.25) is 9.89 Å². The molecule has 0 aliphatic carbocycles. The Labute approximate surface area is 198 Å². The van der Waals surface area contributed by atoms with Crippen molar-refractivity contribution in [2.24, 2.45) is 13.0 Å². The quantitative estimate of drug-likeness (QED) is 0.579. The summed E-state index contributed by atoms with van der Waals surface area (Å²) in [6.07, 6.45) is -1.58. The number of hydrogen-bond acceptors (Lipinski definition) is 6. The van der Waals surface area contributed by atoms with Gasteiger partial charge in [-0.15, -0.1) is 5.10 Å². The van der Waals surface area contributed by atoms with Crippen molar-refractivity contribution in [3.63, 3.8) is 0 Å². The number of alkyl halides is 3. The number of ether oxygens (including phenoxy) is 1. The Bertz CT molecular complexity index is 1300. The number of aromatic nitrogens is 4. The third-order valence-corrected chi connectivity index (χ3v) is 6.36. The van der Waals surface area contributed by atoms with E-state index < -0.39 is 29.0 Å². The molecule has 0 bridgehead atoms. The van der Waals surface area contributed by atoms with Gasteiger partial charge in [0.1, 0.15) is 5.69 Å². The molecule has 0 aromatic carbocycles. The van der Waals surface area contributed by atoms with Crippen molar-refractivity contribution in [2.45, 2.75) is 25.6 Å². The molecule has 1 saturated heterocycles. The van der Waals surface area contributed by atoms with E-state index in [4.69, 9.17) is 4.74 Å². The highest BCUT2D eigenvalue weighted by molar-refractivity contribution is 5.89. The lowest BCUT2D eigenvalue weighted by Crippen LogP contribution is -2.52. The van der Waals surface area contributed by atoms with E-state index in [0.29, 0.717) is 43.3 Å². The van der Waals surface area contributed by atoms with Crippen LogP contribution >= 0.6 is 0 Å². The standard InChI is InChI=1S/C22H26F3N7O3/c1-12-10-32(14-8-15-18(26-9-14)28-29-19(15)35-4)6-5-17(12)31(3)21(34)27-16-7-13(22(23,24)25)11-30(2)20(16)33/h7-9,11-12,17H,5-6,10H2,1-4H3,(H,27,34)(H,26,28,29)/t12-,17-/m0/s1. The van der Waals surface area contributed by atoms with Crippen molar-refractivity contribution < 1.29 is 22.7 Å². The number of nitrogens with zero attached hydrogens (tertiary/aromatic N) is 5. The number of amides is 2. The Kier molecular flexibility index (Phi) is 6.34. The lowest BCUT2D eigenvalue weighted by atomic mass is 9.92. The van der Waals surface area contributed by atoms with E-state index in [0.717, 1.165) is 15.6 Å². The van der Waals surface area contributed by atoms with Crippen LogP contribution in [0.3, 0.4) is 0 Å². The molecular formula is C22H26F3N7O3. The second-order valence-electron chi connectivity index (χ2n) is 8.70. The van der Waals surface area contributed by atoms with Crippen LogP contribution < -0.4 is 20.5 Å². The summed E-state index contributed by atoms with van der Waals surface area (Å²) in [6, 6.07) is 1.78. The number of piperidine rings is 1. The number of anilines is 2. The van der Waals surface area contributed by atoms with E-state index in [1.165, 1.54) is 19.1 Å². The number of carbonyl (C=O) groups is 1. The minimum Gasteiger partial charge on any atom is -0.479 e. The van der Waals surface area contributed by atoms with Gasteiger partial charge in [0.15, 0.2) is 5.65 Å². The van der Waals surface area contributed by atoms with Crippen LogP contribution in [0.4, 0.5) is 29.3 Å². The summed E-state index contributed by atoms with van der Waals surface area (Å²) in [6.45, 7) is 3.25. The maximum absolute atomic E-state index is 13.1. The number of pyridine rings is 2. The van der Waals surface area contributed by atoms with Crippen LogP contribution in [0.1, 0.15) is 18.9 Å². The maximum atomic E-state index is 13.1. The number of aryl methyl sites for hydroxylation is 1. The number of methoxy groups -OCH3 is 1. The van der Waals surface area contributed by atoms with Gasteiger partial charge >= 0.3 is 12.2 Å². The molecule has 2 N–H and O–H groups in total. The molecule has 4 rings (SSSR count). The van der Waals surface area contributed by atoms with Crippen molar-refractivity contribution in [3.05, 3.63) is 40.4 Å². The molecule has 1 aliphatic heterocycles. The monoisotopic (exact) mass is 493 g/mol. The average molecular weight is 493 g/mol. The summed E-state index contributed by atoms with van der Waals surface area (Å²) in [5.74, 6) is 0.486. The number of nitrogens with one attached hydrogen (secondary N) is 2. The van der Waals surface area contributed by atoms with Crippen molar-refractivity contribution in [3.8, 4) is 5.88 Å². The molecule has 2 atom stereocenters. The van der Waals surface area contributed by atoms with E-state index in [1.54, 1.807) is 13.2 Å². The Balaban J connectivity index is 1.46. The number of carbonyl (C=O) groups excluding carboxylic acids is 1. The van der Waals surface area contributed by atoms with Crippen LogP contribution in [0.25, 0.3) is 11.0 Å². The van der Waals surface area contributed by atoms with Crippen LogP contribution in [0, 0.1) is 5.92 Å². The van der Waals surface area contributed by atoms with Crippen molar-refractivity contribution in [2.75, 3.05) is 37.5 Å². The molecule has 3 aromatic rings. The third kappa shape index (κ3) is 4.75. The number of hydrogen-bond donors (Lipinski definition) is 2. The molecule has 13 heteroatoms. The zero-order valence-corrected chi connectivity index (χ0v) is 19.7. The molecule has 1 aliphatic rings. The molecule has 0 unspecified atom stereocenters. The minimum absolute atomic E-state index is 0.0331. The Hall–Kier alpha value is -3.77. The van der Waals surface area contributed by atoms with Crippen molar-refractivity contribution in [1.82, 2.24) is 24.6 Å². The molecule has 2 amide bonds.